The number of aromatic nitrogens is 2. The second kappa shape index (κ2) is 3.57. The Hall–Kier alpha value is -1.11. The van der Waals surface area contributed by atoms with E-state index in [9.17, 15) is 0 Å². The summed E-state index contributed by atoms with van der Waals surface area (Å²) in [6.07, 6.45) is 3.65. The van der Waals surface area contributed by atoms with Gasteiger partial charge in [-0.3, -0.25) is 0 Å². The van der Waals surface area contributed by atoms with Crippen molar-refractivity contribution >= 4 is 23.2 Å². The van der Waals surface area contributed by atoms with Gasteiger partial charge in [0.2, 0.25) is 0 Å². The van der Waals surface area contributed by atoms with Crippen LogP contribution in [0.25, 0.3) is 5.00 Å². The van der Waals surface area contributed by atoms with E-state index in [1.807, 2.05) is 19.2 Å². The predicted molar refractivity (Wildman–Crippen MR) is 56.0 cm³/mol. The van der Waals surface area contributed by atoms with Crippen LogP contribution in [0.15, 0.2) is 24.5 Å². The van der Waals surface area contributed by atoms with Gasteiger partial charge in [0.15, 0.2) is 0 Å². The lowest BCUT2D eigenvalue weighted by molar-refractivity contribution is 0.427. The Morgan fingerprint density at radius 1 is 1.43 bits per heavy atom. The molecule has 2 rings (SSSR count). The highest BCUT2D eigenvalue weighted by Gasteiger charge is 2.14. The summed E-state index contributed by atoms with van der Waals surface area (Å²) in [6, 6.07) is 3.49. The Bertz CT molecular complexity index is 438. The maximum Gasteiger partial charge on any atom is 0.499 e. The molecule has 6 heteroatoms. The van der Waals surface area contributed by atoms with E-state index in [0.29, 0.717) is 4.78 Å². The molecule has 72 valence electrons. The molecular weight excluding hydrogens is 199 g/mol. The van der Waals surface area contributed by atoms with E-state index in [1.165, 1.54) is 11.3 Å². The van der Waals surface area contributed by atoms with Gasteiger partial charge < -0.3 is 10.0 Å². The van der Waals surface area contributed by atoms with Gasteiger partial charge in [-0.2, -0.15) is 5.10 Å². The summed E-state index contributed by atoms with van der Waals surface area (Å²) in [5.74, 6) is 0. The molecule has 14 heavy (non-hydrogen) atoms. The first-order valence-corrected chi connectivity index (χ1v) is 4.96. The number of hydrogen-bond donors (Lipinski definition) is 2. The molecule has 2 aromatic rings. The molecule has 4 nitrogen and oxygen atoms in total. The zero-order valence-electron chi connectivity index (χ0n) is 7.58. The lowest BCUT2D eigenvalue weighted by Gasteiger charge is -1.94. The average molecular weight is 208 g/mol. The molecule has 0 saturated carbocycles. The lowest BCUT2D eigenvalue weighted by atomic mass is 9.90. The maximum atomic E-state index is 8.93. The summed E-state index contributed by atoms with van der Waals surface area (Å²) in [4.78, 5) is 0. The second-order valence-electron chi connectivity index (χ2n) is 3.01. The van der Waals surface area contributed by atoms with Crippen LogP contribution in [0.5, 0.6) is 0 Å². The highest BCUT2D eigenvalue weighted by atomic mass is 32.1. The summed E-state index contributed by atoms with van der Waals surface area (Å²) in [5, 5.41) is 22.8. The molecule has 0 saturated heterocycles. The van der Waals surface area contributed by atoms with Crippen molar-refractivity contribution in [2.24, 2.45) is 0 Å². The maximum absolute atomic E-state index is 8.93. The largest absolute Gasteiger partial charge is 0.499 e. The Labute approximate surface area is 85.6 Å². The third-order valence-electron chi connectivity index (χ3n) is 1.80. The van der Waals surface area contributed by atoms with Crippen LogP contribution in [0, 0.1) is 6.92 Å². The Morgan fingerprint density at radius 2 is 2.21 bits per heavy atom. The van der Waals surface area contributed by atoms with Gasteiger partial charge in [0.1, 0.15) is 5.00 Å². The fraction of sp³-hybridized carbons (Fsp3) is 0.125. The van der Waals surface area contributed by atoms with E-state index in [0.717, 1.165) is 10.6 Å². The van der Waals surface area contributed by atoms with Gasteiger partial charge in [0.25, 0.3) is 0 Å². The lowest BCUT2D eigenvalue weighted by Crippen LogP contribution is -2.26. The molecule has 0 aliphatic carbocycles. The van der Waals surface area contributed by atoms with Crippen molar-refractivity contribution in [3.8, 4) is 5.00 Å². The zero-order valence-corrected chi connectivity index (χ0v) is 8.40. The molecule has 0 aliphatic heterocycles. The summed E-state index contributed by atoms with van der Waals surface area (Å²) < 4.78 is 2.24. The smallest absolute Gasteiger partial charge is 0.423 e. The van der Waals surface area contributed by atoms with E-state index in [4.69, 9.17) is 10.0 Å². The van der Waals surface area contributed by atoms with Crippen molar-refractivity contribution in [1.29, 1.82) is 0 Å². The highest BCUT2D eigenvalue weighted by molar-refractivity contribution is 7.24. The van der Waals surface area contributed by atoms with Crippen molar-refractivity contribution in [2.45, 2.75) is 6.92 Å². The van der Waals surface area contributed by atoms with Crippen molar-refractivity contribution in [3.05, 3.63) is 30.1 Å². The minimum atomic E-state index is -1.40. The van der Waals surface area contributed by atoms with Gasteiger partial charge in [-0.05, 0) is 24.6 Å². The SMILES string of the molecule is Cc1cnn(-c2ccc(B(O)O)s2)c1. The quantitative estimate of drug-likeness (QED) is 0.678. The van der Waals surface area contributed by atoms with Gasteiger partial charge in [0.05, 0.1) is 6.20 Å². The molecule has 0 spiro atoms. The van der Waals surface area contributed by atoms with Crippen LogP contribution in [-0.4, -0.2) is 26.9 Å². The average Bonchev–Trinajstić information content (AvgIpc) is 2.70. The minimum absolute atomic E-state index is 0.521. The monoisotopic (exact) mass is 208 g/mol. The van der Waals surface area contributed by atoms with Gasteiger partial charge in [-0.25, -0.2) is 4.68 Å². The van der Waals surface area contributed by atoms with Crippen LogP contribution < -0.4 is 4.78 Å². The van der Waals surface area contributed by atoms with Crippen LogP contribution in [0.3, 0.4) is 0 Å². The molecule has 0 radical (unpaired) electrons. The van der Waals surface area contributed by atoms with Crippen molar-refractivity contribution in [2.75, 3.05) is 0 Å². The number of thiophene rings is 1. The molecule has 0 amide bonds. The fourth-order valence-corrected chi connectivity index (χ4v) is 1.95. The molecule has 0 fully saturated rings. The molecule has 0 bridgehead atoms. The first kappa shape index (κ1) is 9.45. The topological polar surface area (TPSA) is 58.3 Å². The summed E-state index contributed by atoms with van der Waals surface area (Å²) in [6.45, 7) is 1.96. The van der Waals surface area contributed by atoms with Crippen LogP contribution in [-0.2, 0) is 0 Å². The van der Waals surface area contributed by atoms with Gasteiger partial charge in [-0.1, -0.05) is 0 Å². The Balaban J connectivity index is 2.33. The molecule has 0 aromatic carbocycles. The normalized spacial score (nSPS) is 10.5. The molecule has 0 unspecified atom stereocenters. The van der Waals surface area contributed by atoms with Crippen LogP contribution >= 0.6 is 11.3 Å². The molecule has 2 heterocycles. The number of nitrogens with zero attached hydrogens (tertiary/aromatic N) is 2. The third-order valence-corrected chi connectivity index (χ3v) is 2.92. The minimum Gasteiger partial charge on any atom is -0.423 e. The summed E-state index contributed by atoms with van der Waals surface area (Å²) in [5.41, 5.74) is 1.07. The van der Waals surface area contributed by atoms with E-state index < -0.39 is 7.12 Å². The molecule has 2 aromatic heterocycles. The van der Waals surface area contributed by atoms with E-state index >= 15 is 0 Å². The Kier molecular flexibility index (Phi) is 2.41. The fourth-order valence-electron chi connectivity index (χ4n) is 1.14. The summed E-state index contributed by atoms with van der Waals surface area (Å²) >= 11 is 1.31. The molecular formula is C8H9BN2O2S. The number of hydrogen-bond acceptors (Lipinski definition) is 4. The molecule has 0 atom stereocenters. The second-order valence-corrected chi connectivity index (χ2v) is 4.11. The van der Waals surface area contributed by atoms with Gasteiger partial charge in [0, 0.05) is 11.0 Å². The first-order chi connectivity index (χ1) is 6.66. The van der Waals surface area contributed by atoms with E-state index in [-0.39, 0.29) is 0 Å². The standard InChI is InChI=1S/C8H9BN2O2S/c1-6-4-10-11(5-6)8-3-2-7(14-8)9(12)13/h2-5,12-13H,1H3. The van der Waals surface area contributed by atoms with Crippen LogP contribution in [0.4, 0.5) is 0 Å². The van der Waals surface area contributed by atoms with E-state index in [1.54, 1.807) is 16.9 Å². The number of aryl methyl sites for hydroxylation is 1. The number of rotatable bonds is 2. The van der Waals surface area contributed by atoms with Gasteiger partial charge in [-0.15, -0.1) is 11.3 Å². The van der Waals surface area contributed by atoms with Crippen molar-refractivity contribution in [1.82, 2.24) is 9.78 Å². The van der Waals surface area contributed by atoms with Crippen molar-refractivity contribution < 1.29 is 10.0 Å². The predicted octanol–water partition coefficient (Wildman–Crippen LogP) is -0.0780. The summed E-state index contributed by atoms with van der Waals surface area (Å²) in [7, 11) is -1.40. The van der Waals surface area contributed by atoms with Crippen LogP contribution in [0.1, 0.15) is 5.56 Å². The Morgan fingerprint density at radius 3 is 2.71 bits per heavy atom. The zero-order chi connectivity index (χ0) is 10.1. The highest BCUT2D eigenvalue weighted by Crippen LogP contribution is 2.13. The van der Waals surface area contributed by atoms with Gasteiger partial charge >= 0.3 is 7.12 Å². The first-order valence-electron chi connectivity index (χ1n) is 4.14. The molecule has 2 N–H and O–H groups in total. The third kappa shape index (κ3) is 1.72. The van der Waals surface area contributed by atoms with E-state index in [2.05, 4.69) is 5.10 Å². The van der Waals surface area contributed by atoms with Crippen LogP contribution in [0.2, 0.25) is 0 Å². The van der Waals surface area contributed by atoms with Crippen molar-refractivity contribution in [3.63, 3.8) is 0 Å². The molecule has 0 aliphatic rings.